The smallest absolute Gasteiger partial charge is 0.335 e. The summed E-state index contributed by atoms with van der Waals surface area (Å²) in [4.78, 5) is 28.4. The van der Waals surface area contributed by atoms with Gasteiger partial charge in [-0.3, -0.25) is 9.78 Å². The van der Waals surface area contributed by atoms with Crippen molar-refractivity contribution in [2.24, 2.45) is 0 Å². The Bertz CT molecular complexity index is 1070. The lowest BCUT2D eigenvalue weighted by Gasteiger charge is -2.17. The molecule has 6 nitrogen and oxygen atoms in total. The number of carbonyl (C=O) groups excluding carboxylic acids is 1. The molecular formula is C24H23FN2O4. The predicted molar refractivity (Wildman–Crippen MR) is 114 cm³/mol. The van der Waals surface area contributed by atoms with E-state index in [2.05, 4.69) is 10.3 Å². The molecule has 1 amide bonds. The molecular weight excluding hydrogens is 399 g/mol. The van der Waals surface area contributed by atoms with Crippen LogP contribution in [-0.2, 0) is 13.0 Å². The molecule has 7 heteroatoms. The zero-order valence-electron chi connectivity index (χ0n) is 17.3. The quantitative estimate of drug-likeness (QED) is 0.556. The largest absolute Gasteiger partial charge is 0.487 e. The number of aryl methyl sites for hydroxylation is 1. The molecule has 1 heterocycles. The third kappa shape index (κ3) is 5.66. The zero-order valence-corrected chi connectivity index (χ0v) is 17.3. The van der Waals surface area contributed by atoms with Crippen molar-refractivity contribution < 1.29 is 23.8 Å². The second-order valence-electron chi connectivity index (χ2n) is 7.06. The maximum absolute atomic E-state index is 13.1. The Balaban J connectivity index is 1.76. The second-order valence-corrected chi connectivity index (χ2v) is 7.06. The number of aromatic nitrogens is 1. The zero-order chi connectivity index (χ0) is 22.4. The van der Waals surface area contributed by atoms with Crippen molar-refractivity contribution in [2.75, 3.05) is 0 Å². The van der Waals surface area contributed by atoms with Gasteiger partial charge in [0.25, 0.3) is 5.91 Å². The summed E-state index contributed by atoms with van der Waals surface area (Å²) in [5, 5.41) is 12.0. The number of aromatic carboxylic acids is 1. The molecule has 0 fully saturated rings. The number of halogens is 1. The van der Waals surface area contributed by atoms with Crippen LogP contribution >= 0.6 is 0 Å². The van der Waals surface area contributed by atoms with E-state index < -0.39 is 5.97 Å². The molecule has 1 unspecified atom stereocenters. The molecule has 0 aliphatic heterocycles. The Labute approximate surface area is 179 Å². The van der Waals surface area contributed by atoms with Gasteiger partial charge in [0, 0.05) is 6.20 Å². The van der Waals surface area contributed by atoms with Gasteiger partial charge in [0.15, 0.2) is 0 Å². The van der Waals surface area contributed by atoms with E-state index in [1.807, 2.05) is 13.8 Å². The van der Waals surface area contributed by atoms with Crippen molar-refractivity contribution in [3.63, 3.8) is 0 Å². The summed E-state index contributed by atoms with van der Waals surface area (Å²) in [6.07, 6.45) is 2.42. The van der Waals surface area contributed by atoms with Crippen molar-refractivity contribution >= 4 is 11.9 Å². The Hall–Kier alpha value is -3.74. The molecule has 0 bridgehead atoms. The molecule has 160 valence electrons. The van der Waals surface area contributed by atoms with Gasteiger partial charge in [-0.05, 0) is 66.9 Å². The standard InChI is InChI=1S/C24H23FN2O4/c1-3-16-12-21(22(26-13-16)14-31-20-10-8-19(25)9-11-20)23(28)27-15(2)17-4-6-18(7-5-17)24(29)30/h4-13,15H,3,14H2,1-2H3,(H,27,28)(H,29,30). The van der Waals surface area contributed by atoms with Gasteiger partial charge in [-0.15, -0.1) is 0 Å². The molecule has 0 radical (unpaired) electrons. The van der Waals surface area contributed by atoms with Crippen LogP contribution in [0.3, 0.4) is 0 Å². The van der Waals surface area contributed by atoms with Gasteiger partial charge in [0.2, 0.25) is 0 Å². The van der Waals surface area contributed by atoms with E-state index >= 15 is 0 Å². The molecule has 0 aliphatic carbocycles. The van der Waals surface area contributed by atoms with Gasteiger partial charge in [-0.2, -0.15) is 0 Å². The number of amides is 1. The summed E-state index contributed by atoms with van der Waals surface area (Å²) in [6, 6.07) is 13.4. The summed E-state index contributed by atoms with van der Waals surface area (Å²) in [5.74, 6) is -1.20. The number of ether oxygens (including phenoxy) is 1. The highest BCUT2D eigenvalue weighted by molar-refractivity contribution is 5.95. The van der Waals surface area contributed by atoms with Crippen LogP contribution in [0.5, 0.6) is 5.75 Å². The van der Waals surface area contributed by atoms with Crippen LogP contribution in [0.2, 0.25) is 0 Å². The Morgan fingerprint density at radius 2 is 1.81 bits per heavy atom. The van der Waals surface area contributed by atoms with Crippen LogP contribution in [0.1, 0.15) is 57.4 Å². The maximum Gasteiger partial charge on any atom is 0.335 e. The number of carbonyl (C=O) groups is 2. The van der Waals surface area contributed by atoms with Crippen LogP contribution in [0.4, 0.5) is 4.39 Å². The van der Waals surface area contributed by atoms with E-state index in [1.165, 1.54) is 36.4 Å². The topological polar surface area (TPSA) is 88.5 Å². The fraction of sp³-hybridized carbons (Fsp3) is 0.208. The Morgan fingerprint density at radius 3 is 2.42 bits per heavy atom. The van der Waals surface area contributed by atoms with Crippen molar-refractivity contribution in [3.05, 3.63) is 94.6 Å². The van der Waals surface area contributed by atoms with Crippen molar-refractivity contribution in [1.82, 2.24) is 10.3 Å². The highest BCUT2D eigenvalue weighted by Gasteiger charge is 2.17. The minimum Gasteiger partial charge on any atom is -0.487 e. The number of nitrogens with one attached hydrogen (secondary N) is 1. The van der Waals surface area contributed by atoms with E-state index in [9.17, 15) is 14.0 Å². The summed E-state index contributed by atoms with van der Waals surface area (Å²) in [7, 11) is 0. The molecule has 1 atom stereocenters. The minimum absolute atomic E-state index is 0.0556. The molecule has 0 saturated carbocycles. The average molecular weight is 422 g/mol. The lowest BCUT2D eigenvalue weighted by Crippen LogP contribution is -2.28. The first-order valence-corrected chi connectivity index (χ1v) is 9.87. The molecule has 2 aromatic carbocycles. The van der Waals surface area contributed by atoms with E-state index in [1.54, 1.807) is 24.4 Å². The van der Waals surface area contributed by atoms with Crippen LogP contribution in [0.15, 0.2) is 60.8 Å². The predicted octanol–water partition coefficient (Wildman–Crippen LogP) is 4.55. The summed E-state index contributed by atoms with van der Waals surface area (Å²) in [6.45, 7) is 3.85. The van der Waals surface area contributed by atoms with Crippen molar-refractivity contribution in [3.8, 4) is 5.75 Å². The normalized spacial score (nSPS) is 11.6. The summed E-state index contributed by atoms with van der Waals surface area (Å²) in [5.41, 5.74) is 2.74. The first-order chi connectivity index (χ1) is 14.9. The number of carboxylic acids is 1. The number of benzene rings is 2. The fourth-order valence-corrected chi connectivity index (χ4v) is 3.00. The SMILES string of the molecule is CCc1cnc(COc2ccc(F)cc2)c(C(=O)NC(C)c2ccc(C(=O)O)cc2)c1. The number of hydrogen-bond acceptors (Lipinski definition) is 4. The average Bonchev–Trinajstić information content (AvgIpc) is 2.78. The van der Waals surface area contributed by atoms with E-state index in [4.69, 9.17) is 9.84 Å². The number of nitrogens with zero attached hydrogens (tertiary/aromatic N) is 1. The van der Waals surface area contributed by atoms with Gasteiger partial charge in [-0.1, -0.05) is 19.1 Å². The molecule has 3 rings (SSSR count). The highest BCUT2D eigenvalue weighted by atomic mass is 19.1. The van der Waals surface area contributed by atoms with Crippen LogP contribution < -0.4 is 10.1 Å². The summed E-state index contributed by atoms with van der Waals surface area (Å²) >= 11 is 0. The first-order valence-electron chi connectivity index (χ1n) is 9.87. The Morgan fingerprint density at radius 1 is 1.13 bits per heavy atom. The van der Waals surface area contributed by atoms with E-state index in [-0.39, 0.29) is 29.9 Å². The monoisotopic (exact) mass is 422 g/mol. The molecule has 3 aromatic rings. The Kier molecular flexibility index (Phi) is 6.97. The molecule has 1 aromatic heterocycles. The van der Waals surface area contributed by atoms with Gasteiger partial charge in [-0.25, -0.2) is 9.18 Å². The van der Waals surface area contributed by atoms with Crippen LogP contribution in [0.25, 0.3) is 0 Å². The van der Waals surface area contributed by atoms with Crippen LogP contribution in [-0.4, -0.2) is 22.0 Å². The summed E-state index contributed by atoms with van der Waals surface area (Å²) < 4.78 is 18.7. The van der Waals surface area contributed by atoms with Gasteiger partial charge in [0.05, 0.1) is 22.9 Å². The molecule has 31 heavy (non-hydrogen) atoms. The molecule has 2 N–H and O–H groups in total. The van der Waals surface area contributed by atoms with Crippen molar-refractivity contribution in [1.29, 1.82) is 0 Å². The van der Waals surface area contributed by atoms with Crippen LogP contribution in [0, 0.1) is 5.82 Å². The van der Waals surface area contributed by atoms with E-state index in [0.29, 0.717) is 17.0 Å². The van der Waals surface area contributed by atoms with Gasteiger partial charge in [0.1, 0.15) is 18.2 Å². The minimum atomic E-state index is -1.00. The number of carboxylic acid groups (broad SMARTS) is 1. The third-order valence-corrected chi connectivity index (χ3v) is 4.87. The van der Waals surface area contributed by atoms with Gasteiger partial charge < -0.3 is 15.2 Å². The molecule has 0 aliphatic rings. The number of hydrogen-bond donors (Lipinski definition) is 2. The molecule has 0 saturated heterocycles. The maximum atomic E-state index is 13.1. The lowest BCUT2D eigenvalue weighted by molar-refractivity contribution is 0.0696. The third-order valence-electron chi connectivity index (χ3n) is 4.87. The lowest BCUT2D eigenvalue weighted by atomic mass is 10.0. The van der Waals surface area contributed by atoms with Crippen molar-refractivity contribution in [2.45, 2.75) is 32.9 Å². The second kappa shape index (κ2) is 9.84. The highest BCUT2D eigenvalue weighted by Crippen LogP contribution is 2.18. The number of rotatable bonds is 8. The fourth-order valence-electron chi connectivity index (χ4n) is 3.00. The first kappa shape index (κ1) is 22.0. The van der Waals surface area contributed by atoms with Gasteiger partial charge >= 0.3 is 5.97 Å². The number of pyridine rings is 1. The van der Waals surface area contributed by atoms with E-state index in [0.717, 1.165) is 17.5 Å². The molecule has 0 spiro atoms.